The maximum atomic E-state index is 13.7. The molecule has 2 aliphatic rings. The van der Waals surface area contributed by atoms with E-state index < -0.39 is 23.8 Å². The SMILES string of the molecule is CCCOc1ccc(C2C(C(=O)OC(C)C)=C(C)NC3=C2C(=O)C(C(=O)OC)C(C)C3)cc1. The minimum atomic E-state index is -0.911. The fraction of sp³-hybridized carbons (Fsp3) is 0.500. The highest BCUT2D eigenvalue weighted by atomic mass is 16.5. The van der Waals surface area contributed by atoms with Gasteiger partial charge in [0.05, 0.1) is 25.4 Å². The van der Waals surface area contributed by atoms with Gasteiger partial charge in [0.15, 0.2) is 5.78 Å². The van der Waals surface area contributed by atoms with Crippen LogP contribution in [0.4, 0.5) is 0 Å². The number of rotatable bonds is 7. The molecule has 0 radical (unpaired) electrons. The zero-order valence-corrected chi connectivity index (χ0v) is 20.2. The van der Waals surface area contributed by atoms with Gasteiger partial charge in [-0.05, 0) is 57.2 Å². The monoisotopic (exact) mass is 455 g/mol. The van der Waals surface area contributed by atoms with Crippen molar-refractivity contribution in [1.29, 1.82) is 0 Å². The summed E-state index contributed by atoms with van der Waals surface area (Å²) >= 11 is 0. The Balaban J connectivity index is 2.12. The Kier molecular flexibility index (Phi) is 7.61. The van der Waals surface area contributed by atoms with Crippen LogP contribution in [0.1, 0.15) is 58.9 Å². The van der Waals surface area contributed by atoms with Crippen LogP contribution in [0.2, 0.25) is 0 Å². The minimum Gasteiger partial charge on any atom is -0.494 e. The summed E-state index contributed by atoms with van der Waals surface area (Å²) in [7, 11) is 1.29. The van der Waals surface area contributed by atoms with Crippen LogP contribution in [0, 0.1) is 11.8 Å². The van der Waals surface area contributed by atoms with Crippen molar-refractivity contribution in [1.82, 2.24) is 5.32 Å². The maximum absolute atomic E-state index is 13.7. The van der Waals surface area contributed by atoms with Crippen LogP contribution in [0.3, 0.4) is 0 Å². The van der Waals surface area contributed by atoms with E-state index in [2.05, 4.69) is 5.32 Å². The number of allylic oxidation sites excluding steroid dienone is 3. The predicted molar refractivity (Wildman–Crippen MR) is 123 cm³/mol. The molecule has 7 nitrogen and oxygen atoms in total. The number of hydrogen-bond acceptors (Lipinski definition) is 7. The van der Waals surface area contributed by atoms with Crippen LogP contribution >= 0.6 is 0 Å². The van der Waals surface area contributed by atoms with Crippen molar-refractivity contribution in [3.8, 4) is 5.75 Å². The second kappa shape index (κ2) is 10.2. The predicted octanol–water partition coefficient (Wildman–Crippen LogP) is 4.04. The highest BCUT2D eigenvalue weighted by Crippen LogP contribution is 2.45. The summed E-state index contributed by atoms with van der Waals surface area (Å²) < 4.78 is 16.2. The molecule has 1 aromatic carbocycles. The van der Waals surface area contributed by atoms with Gasteiger partial charge in [-0.1, -0.05) is 26.0 Å². The molecule has 0 fully saturated rings. The van der Waals surface area contributed by atoms with Crippen molar-refractivity contribution >= 4 is 17.7 Å². The van der Waals surface area contributed by atoms with Gasteiger partial charge in [0.2, 0.25) is 0 Å². The molecule has 1 aromatic rings. The first-order valence-electron chi connectivity index (χ1n) is 11.5. The first kappa shape index (κ1) is 24.6. The fourth-order valence-electron chi connectivity index (χ4n) is 4.54. The van der Waals surface area contributed by atoms with Crippen LogP contribution in [0.15, 0.2) is 46.8 Å². The third kappa shape index (κ3) is 4.97. The molecule has 1 aliphatic carbocycles. The number of hydrogen-bond donors (Lipinski definition) is 1. The molecule has 33 heavy (non-hydrogen) atoms. The quantitative estimate of drug-likeness (QED) is 0.490. The molecular formula is C26H33NO6. The number of ketones is 1. The average Bonchev–Trinajstić information content (AvgIpc) is 2.76. The number of ether oxygens (including phenoxy) is 3. The van der Waals surface area contributed by atoms with Gasteiger partial charge < -0.3 is 19.5 Å². The third-order valence-corrected chi connectivity index (χ3v) is 5.99. The zero-order valence-electron chi connectivity index (χ0n) is 20.2. The summed E-state index contributed by atoms with van der Waals surface area (Å²) in [6.07, 6.45) is 1.07. The van der Waals surface area contributed by atoms with Gasteiger partial charge in [0, 0.05) is 22.9 Å². The molecule has 178 valence electrons. The topological polar surface area (TPSA) is 90.9 Å². The Morgan fingerprint density at radius 3 is 2.42 bits per heavy atom. The molecule has 0 aromatic heterocycles. The summed E-state index contributed by atoms with van der Waals surface area (Å²) in [6, 6.07) is 7.39. The lowest BCUT2D eigenvalue weighted by Crippen LogP contribution is -2.43. The summed E-state index contributed by atoms with van der Waals surface area (Å²) in [5, 5.41) is 3.26. The third-order valence-electron chi connectivity index (χ3n) is 5.99. The first-order valence-corrected chi connectivity index (χ1v) is 11.5. The molecule has 3 atom stereocenters. The van der Waals surface area contributed by atoms with Crippen LogP contribution in [0.25, 0.3) is 0 Å². The Morgan fingerprint density at radius 1 is 1.18 bits per heavy atom. The largest absolute Gasteiger partial charge is 0.494 e. The Hall–Kier alpha value is -3.09. The second-order valence-electron chi connectivity index (χ2n) is 8.91. The van der Waals surface area contributed by atoms with Gasteiger partial charge in [-0.2, -0.15) is 0 Å². The average molecular weight is 456 g/mol. The van der Waals surface area contributed by atoms with E-state index in [1.54, 1.807) is 13.8 Å². The molecule has 0 saturated heterocycles. The molecular weight excluding hydrogens is 422 g/mol. The molecule has 0 amide bonds. The highest BCUT2D eigenvalue weighted by molar-refractivity contribution is 6.12. The molecule has 0 saturated carbocycles. The van der Waals surface area contributed by atoms with E-state index in [4.69, 9.17) is 14.2 Å². The molecule has 0 spiro atoms. The van der Waals surface area contributed by atoms with Gasteiger partial charge in [-0.25, -0.2) is 4.79 Å². The van der Waals surface area contributed by atoms with E-state index >= 15 is 0 Å². The lowest BCUT2D eigenvalue weighted by molar-refractivity contribution is -0.151. The van der Waals surface area contributed by atoms with Gasteiger partial charge >= 0.3 is 11.9 Å². The number of dihydropyridines is 1. The number of carbonyl (C=O) groups is 3. The molecule has 0 bridgehead atoms. The van der Waals surface area contributed by atoms with Crippen LogP contribution < -0.4 is 10.1 Å². The zero-order chi connectivity index (χ0) is 24.3. The van der Waals surface area contributed by atoms with E-state index in [0.717, 1.165) is 17.7 Å². The van der Waals surface area contributed by atoms with E-state index in [1.807, 2.05) is 45.0 Å². The highest BCUT2D eigenvalue weighted by Gasteiger charge is 2.47. The minimum absolute atomic E-state index is 0.223. The summed E-state index contributed by atoms with van der Waals surface area (Å²) in [5.74, 6) is -2.43. The van der Waals surface area contributed by atoms with E-state index in [9.17, 15) is 14.4 Å². The number of nitrogens with one attached hydrogen (secondary N) is 1. The molecule has 3 rings (SSSR count). The summed E-state index contributed by atoms with van der Waals surface area (Å²) in [5.41, 5.74) is 2.94. The Labute approximate surface area is 195 Å². The van der Waals surface area contributed by atoms with Gasteiger partial charge in [0.25, 0.3) is 0 Å². The lowest BCUT2D eigenvalue weighted by Gasteiger charge is -2.38. The van der Waals surface area contributed by atoms with Crippen LogP contribution in [0.5, 0.6) is 5.75 Å². The van der Waals surface area contributed by atoms with Crippen LogP contribution in [-0.2, 0) is 23.9 Å². The number of carbonyl (C=O) groups excluding carboxylic acids is 3. The van der Waals surface area contributed by atoms with Crippen molar-refractivity contribution in [2.45, 2.75) is 59.5 Å². The standard InChI is InChI=1S/C26H33NO6/c1-7-12-32-18-10-8-17(9-11-18)22-21(26(30)33-14(2)3)16(5)27-19-13-15(4)20(25(29)31-6)24(28)23(19)22/h8-11,14-15,20,22,27H,7,12-13H2,1-6H3. The summed E-state index contributed by atoms with van der Waals surface area (Å²) in [4.78, 5) is 39.3. The Bertz CT molecular complexity index is 989. The maximum Gasteiger partial charge on any atom is 0.337 e. The van der Waals surface area contributed by atoms with Crippen molar-refractivity contribution in [2.75, 3.05) is 13.7 Å². The smallest absolute Gasteiger partial charge is 0.337 e. The van der Waals surface area contributed by atoms with Crippen molar-refractivity contribution in [2.24, 2.45) is 11.8 Å². The van der Waals surface area contributed by atoms with Gasteiger partial charge in [0.1, 0.15) is 11.7 Å². The molecule has 1 aliphatic heterocycles. The fourth-order valence-corrected chi connectivity index (χ4v) is 4.54. The van der Waals surface area contributed by atoms with Gasteiger partial charge in [-0.3, -0.25) is 9.59 Å². The van der Waals surface area contributed by atoms with E-state index in [1.165, 1.54) is 7.11 Å². The Morgan fingerprint density at radius 2 is 1.85 bits per heavy atom. The molecule has 1 heterocycles. The first-order chi connectivity index (χ1) is 15.7. The molecule has 1 N–H and O–H groups in total. The lowest BCUT2D eigenvalue weighted by atomic mass is 9.69. The molecule has 7 heteroatoms. The molecule has 3 unspecified atom stereocenters. The van der Waals surface area contributed by atoms with Crippen molar-refractivity contribution in [3.05, 3.63) is 52.4 Å². The normalized spacial score (nSPS) is 22.6. The number of esters is 2. The summed E-state index contributed by atoms with van der Waals surface area (Å²) in [6.45, 7) is 9.87. The second-order valence-corrected chi connectivity index (χ2v) is 8.91. The number of Topliss-reactive ketones (excluding diaryl/α,β-unsaturated/α-hetero) is 1. The number of methoxy groups -OCH3 is 1. The van der Waals surface area contributed by atoms with Crippen LogP contribution in [-0.4, -0.2) is 37.5 Å². The van der Waals surface area contributed by atoms with E-state index in [-0.39, 0.29) is 17.8 Å². The number of benzene rings is 1. The van der Waals surface area contributed by atoms with E-state index in [0.29, 0.717) is 35.6 Å². The van der Waals surface area contributed by atoms with Crippen molar-refractivity contribution in [3.63, 3.8) is 0 Å². The van der Waals surface area contributed by atoms with Gasteiger partial charge in [-0.15, -0.1) is 0 Å². The van der Waals surface area contributed by atoms with Crippen molar-refractivity contribution < 1.29 is 28.6 Å².